The molecule has 0 aliphatic carbocycles. The molecule has 318 valence electrons. The summed E-state index contributed by atoms with van der Waals surface area (Å²) in [6, 6.07) is 0. The summed E-state index contributed by atoms with van der Waals surface area (Å²) in [4.78, 5) is 83.7. The maximum atomic E-state index is 12.7. The molecule has 6 rings (SSSR count). The van der Waals surface area contributed by atoms with Crippen LogP contribution < -0.4 is 32.4 Å². The van der Waals surface area contributed by atoms with Gasteiger partial charge in [-0.1, -0.05) is 0 Å². The number of nitrogens with two attached hydrogens (primary N) is 2. The number of aromatic amines is 2. The number of imidazole rings is 1. The van der Waals surface area contributed by atoms with Crippen molar-refractivity contribution < 1.29 is 81.2 Å². The molecule has 57 heavy (non-hydrogen) atoms. The number of phosphoric acid groups is 2. The molecule has 33 heteroatoms. The Kier molecular flexibility index (Phi) is 12.6. The van der Waals surface area contributed by atoms with Crippen LogP contribution in [0.2, 0.25) is 0 Å². The van der Waals surface area contributed by atoms with E-state index in [9.17, 15) is 58.7 Å². The van der Waals surface area contributed by atoms with Gasteiger partial charge in [0.05, 0.1) is 39.4 Å². The number of nitrogens with zero attached hydrogens (tertiary/aromatic N) is 6. The standard InChI is InChI=1S/C24H37N10O19P3S/c1-32-7-34(18-12(32)20(40)31-24(26)29-18)22-16(38)14(36)10(52-22)5-50-55(43,44)48-3-8(53-56(45,46)57)2-47-54(41,42)49-4-9-13(35)15(37)21(51-9)33-6-27-11-17(33)28-23(25)30-19(11)39/h6,8-10,13-16,21-22,35-38H,2-5,7H2,1H3,(H,41,42)(H,43,44)(H2,45,46,57)(H3,25,28,30,39)(H3,26,29,31,40)/t8?,9-,10-,13-,14-,15-,16-,21-,22-/m1/s1. The lowest BCUT2D eigenvalue weighted by Crippen LogP contribution is -2.45. The van der Waals surface area contributed by atoms with Gasteiger partial charge in [0.25, 0.3) is 11.1 Å². The SMILES string of the molecule is CN1CN([C@@H]2O[C@H](COP(=O)(O)OCC(COP(=O)(O)OC[C@H]3O[C@@H](n4cnc5c(=O)[nH]c(N)nc54)[C@H](O)[C@@H]3O)OP(O)(O)=S)[C@@H](O)[C@H]2O)c2nc(N)[nH]c(=O)c21. The van der Waals surface area contributed by atoms with Crippen molar-refractivity contribution in [1.82, 2.24) is 29.5 Å². The van der Waals surface area contributed by atoms with Crippen LogP contribution in [0, 0.1) is 0 Å². The monoisotopic (exact) mass is 894 g/mol. The summed E-state index contributed by atoms with van der Waals surface area (Å²) >= 11 is 4.42. The molecule has 0 spiro atoms. The Morgan fingerprint density at radius 2 is 1.39 bits per heavy atom. The Balaban J connectivity index is 1.01. The van der Waals surface area contributed by atoms with Gasteiger partial charge in [-0.05, 0) is 11.8 Å². The normalized spacial score (nSPS) is 29.1. The van der Waals surface area contributed by atoms with E-state index >= 15 is 0 Å². The molecule has 11 atom stereocenters. The molecule has 6 heterocycles. The van der Waals surface area contributed by atoms with Gasteiger partial charge in [0.1, 0.15) is 48.4 Å². The quantitative estimate of drug-likeness (QED) is 0.0600. The average molecular weight is 895 g/mol. The first-order chi connectivity index (χ1) is 26.5. The van der Waals surface area contributed by atoms with Gasteiger partial charge in [-0.25, -0.2) is 14.1 Å². The summed E-state index contributed by atoms with van der Waals surface area (Å²) in [5.41, 5.74) is 9.79. The molecule has 3 aromatic heterocycles. The van der Waals surface area contributed by atoms with Gasteiger partial charge < -0.3 is 75.3 Å². The molecule has 2 saturated heterocycles. The highest BCUT2D eigenvalue weighted by atomic mass is 32.5. The molecular formula is C24H37N10O19P3S. The van der Waals surface area contributed by atoms with Crippen LogP contribution in [0.3, 0.4) is 0 Å². The Morgan fingerprint density at radius 3 is 1.96 bits per heavy atom. The summed E-state index contributed by atoms with van der Waals surface area (Å²) in [7, 11) is -8.74. The number of anilines is 4. The van der Waals surface area contributed by atoms with Crippen molar-refractivity contribution in [2.24, 2.45) is 0 Å². The predicted octanol–water partition coefficient (Wildman–Crippen LogP) is -4.79. The predicted molar refractivity (Wildman–Crippen MR) is 191 cm³/mol. The molecule has 29 nitrogen and oxygen atoms in total. The van der Waals surface area contributed by atoms with Gasteiger partial charge in [-0.2, -0.15) is 9.97 Å². The van der Waals surface area contributed by atoms with Gasteiger partial charge >= 0.3 is 22.4 Å². The van der Waals surface area contributed by atoms with Crippen LogP contribution in [-0.2, 0) is 53.0 Å². The van der Waals surface area contributed by atoms with Crippen molar-refractivity contribution in [2.75, 3.05) is 61.4 Å². The van der Waals surface area contributed by atoms with Gasteiger partial charge in [0, 0.05) is 7.05 Å². The van der Waals surface area contributed by atoms with Crippen LogP contribution in [0.15, 0.2) is 15.9 Å². The van der Waals surface area contributed by atoms with Crippen LogP contribution >= 0.6 is 22.4 Å². The molecular weight excluding hydrogens is 857 g/mol. The topological polar surface area (TPSA) is 428 Å². The van der Waals surface area contributed by atoms with Gasteiger partial charge in [0.15, 0.2) is 29.4 Å². The number of H-pyrrole nitrogens is 2. The molecule has 0 saturated carbocycles. The van der Waals surface area contributed by atoms with Crippen LogP contribution in [-0.4, -0.2) is 159 Å². The van der Waals surface area contributed by atoms with Crippen LogP contribution in [0.5, 0.6) is 0 Å². The second-order valence-electron chi connectivity index (χ2n) is 12.6. The number of nitrogens with one attached hydrogen (secondary N) is 2. The minimum Gasteiger partial charge on any atom is -0.387 e. The van der Waals surface area contributed by atoms with E-state index in [1.807, 2.05) is 0 Å². The molecule has 0 radical (unpaired) electrons. The first-order valence-corrected chi connectivity index (χ1v) is 21.8. The molecule has 0 aromatic carbocycles. The van der Waals surface area contributed by atoms with E-state index in [0.29, 0.717) is 0 Å². The molecule has 2 fully saturated rings. The van der Waals surface area contributed by atoms with E-state index in [1.165, 1.54) is 9.80 Å². The number of rotatable bonds is 16. The number of aliphatic hydroxyl groups excluding tert-OH is 4. The van der Waals surface area contributed by atoms with Crippen molar-refractivity contribution in [1.29, 1.82) is 0 Å². The number of hydrogen-bond acceptors (Lipinski definition) is 23. The molecule has 0 bridgehead atoms. The van der Waals surface area contributed by atoms with Crippen LogP contribution in [0.25, 0.3) is 11.2 Å². The summed E-state index contributed by atoms with van der Waals surface area (Å²) in [6.45, 7) is -8.56. The van der Waals surface area contributed by atoms with Crippen molar-refractivity contribution >= 4 is 68.7 Å². The second kappa shape index (κ2) is 16.5. The Hall–Kier alpha value is -3.06. The number of phosphoric ester groups is 2. The summed E-state index contributed by atoms with van der Waals surface area (Å²) < 4.78 is 62.0. The zero-order valence-corrected chi connectivity index (χ0v) is 32.5. The zero-order chi connectivity index (χ0) is 41.8. The molecule has 3 unspecified atom stereocenters. The number of nitrogen functional groups attached to an aromatic ring is 2. The lowest BCUT2D eigenvalue weighted by Gasteiger charge is -2.27. The highest BCUT2D eigenvalue weighted by molar-refractivity contribution is 8.06. The van der Waals surface area contributed by atoms with E-state index in [1.54, 1.807) is 7.05 Å². The third-order valence-electron chi connectivity index (χ3n) is 8.56. The molecule has 3 aliphatic heterocycles. The summed E-state index contributed by atoms with van der Waals surface area (Å²) in [6.07, 6.45) is -13.2. The number of ether oxygens (including phenoxy) is 2. The van der Waals surface area contributed by atoms with E-state index in [4.69, 9.17) is 43.6 Å². The van der Waals surface area contributed by atoms with Crippen LogP contribution in [0.4, 0.5) is 23.4 Å². The summed E-state index contributed by atoms with van der Waals surface area (Å²) in [5, 5.41) is 42.5. The van der Waals surface area contributed by atoms with Gasteiger partial charge in [-0.3, -0.25) is 42.2 Å². The highest BCUT2D eigenvalue weighted by Gasteiger charge is 2.50. The maximum absolute atomic E-state index is 12.7. The second-order valence-corrected chi connectivity index (χ2v) is 18.2. The van der Waals surface area contributed by atoms with Crippen LogP contribution in [0.1, 0.15) is 6.23 Å². The number of fused-ring (bicyclic) bond motifs is 2. The smallest absolute Gasteiger partial charge is 0.387 e. The maximum Gasteiger partial charge on any atom is 0.472 e. The average Bonchev–Trinajstić information content (AvgIpc) is 3.83. The Morgan fingerprint density at radius 1 is 0.860 bits per heavy atom. The minimum atomic E-state index is -5.15. The fourth-order valence-electron chi connectivity index (χ4n) is 6.00. The lowest BCUT2D eigenvalue weighted by atomic mass is 10.1. The zero-order valence-electron chi connectivity index (χ0n) is 29.0. The van der Waals surface area contributed by atoms with Crippen molar-refractivity contribution in [3.05, 3.63) is 27.0 Å². The first kappa shape index (κ1) is 43.5. The number of aromatic nitrogens is 6. The minimum absolute atomic E-state index is 0.0291. The van der Waals surface area contributed by atoms with Gasteiger partial charge in [-0.15, -0.1) is 0 Å². The van der Waals surface area contributed by atoms with E-state index in [2.05, 4.69) is 36.7 Å². The fourth-order valence-corrected chi connectivity index (χ4v) is 8.41. The van der Waals surface area contributed by atoms with E-state index in [0.717, 1.165) is 10.9 Å². The van der Waals surface area contributed by atoms with Crippen molar-refractivity contribution in [3.8, 4) is 0 Å². The van der Waals surface area contributed by atoms with Crippen molar-refractivity contribution in [3.63, 3.8) is 0 Å². The van der Waals surface area contributed by atoms with Crippen molar-refractivity contribution in [2.45, 2.75) is 55.2 Å². The Bertz CT molecular complexity index is 2230. The summed E-state index contributed by atoms with van der Waals surface area (Å²) in [5.74, 6) is -0.477. The largest absolute Gasteiger partial charge is 0.472 e. The molecule has 14 N–H and O–H groups in total. The Labute approximate surface area is 322 Å². The number of hydrogen-bond donors (Lipinski definition) is 12. The molecule has 3 aromatic rings. The highest BCUT2D eigenvalue weighted by Crippen LogP contribution is 2.48. The van der Waals surface area contributed by atoms with E-state index in [-0.39, 0.29) is 41.2 Å². The lowest BCUT2D eigenvalue weighted by molar-refractivity contribution is -0.0525. The first-order valence-electron chi connectivity index (χ1n) is 16.1. The van der Waals surface area contributed by atoms with Gasteiger partial charge in [0.2, 0.25) is 11.9 Å². The third-order valence-corrected chi connectivity index (χ3v) is 11.3. The fraction of sp³-hybridized carbons (Fsp3) is 0.625. The molecule has 3 aliphatic rings. The molecule has 0 amide bonds. The number of aliphatic hydroxyl groups is 4. The van der Waals surface area contributed by atoms with E-state index < -0.39 is 115 Å². The third kappa shape index (κ3) is 9.71.